The Labute approximate surface area is 135 Å². The summed E-state index contributed by atoms with van der Waals surface area (Å²) < 4.78 is 6.69. The Hall–Kier alpha value is -1.17. The molecule has 2 N–H and O–H groups in total. The van der Waals surface area contributed by atoms with Gasteiger partial charge in [0.1, 0.15) is 12.2 Å². The van der Waals surface area contributed by atoms with Crippen LogP contribution in [0.1, 0.15) is 17.5 Å². The van der Waals surface area contributed by atoms with Crippen LogP contribution in [0.5, 0.6) is 11.5 Å². The molecule has 1 unspecified atom stereocenters. The normalized spacial score (nSPS) is 47.0. The number of quaternary nitrogens is 1. The standard InChI is InChI=1S/C17H19NO3S/c1-18(22)7-6-17-10-3-5-13(20)16(17)21-15-12(19)4-2-9(14(15)17)8-11(10)18/h2-5,10-11,13,16,19-20H,6-8H2,1H3/t10-,11+,13-,16-,17-,18?/m0/s1. The van der Waals surface area contributed by atoms with Gasteiger partial charge >= 0.3 is 0 Å². The molecule has 22 heavy (non-hydrogen) atoms. The average Bonchev–Trinajstić information content (AvgIpc) is 2.84. The van der Waals surface area contributed by atoms with Crippen molar-refractivity contribution in [2.45, 2.75) is 36.5 Å². The number of hydrogen-bond donors (Lipinski definition) is 2. The molecule has 1 spiro atoms. The van der Waals surface area contributed by atoms with Crippen LogP contribution in [0.15, 0.2) is 24.3 Å². The second kappa shape index (κ2) is 3.83. The van der Waals surface area contributed by atoms with E-state index < -0.39 is 6.10 Å². The van der Waals surface area contributed by atoms with E-state index in [-0.39, 0.29) is 23.2 Å². The minimum absolute atomic E-state index is 0.188. The van der Waals surface area contributed by atoms with Crippen LogP contribution in [-0.2, 0) is 24.7 Å². The van der Waals surface area contributed by atoms with Crippen molar-refractivity contribution in [1.82, 2.24) is 0 Å². The minimum atomic E-state index is -0.628. The van der Waals surface area contributed by atoms with Crippen LogP contribution in [-0.4, -0.2) is 45.9 Å². The molecule has 2 bridgehead atoms. The Morgan fingerprint density at radius 3 is 3.00 bits per heavy atom. The number of piperidine rings is 1. The first-order chi connectivity index (χ1) is 10.4. The topological polar surface area (TPSA) is 49.7 Å². The zero-order valence-corrected chi connectivity index (χ0v) is 13.2. The Morgan fingerprint density at radius 2 is 2.18 bits per heavy atom. The van der Waals surface area contributed by atoms with Gasteiger partial charge in [-0.1, -0.05) is 18.2 Å². The first kappa shape index (κ1) is 13.3. The summed E-state index contributed by atoms with van der Waals surface area (Å²) in [5.41, 5.74) is 2.14. The molecule has 1 aromatic rings. The Balaban J connectivity index is 1.84. The van der Waals surface area contributed by atoms with E-state index in [1.54, 1.807) is 6.07 Å². The largest absolute Gasteiger partial charge is 0.504 e. The predicted octanol–water partition coefficient (Wildman–Crippen LogP) is 1.17. The second-order valence-electron chi connectivity index (χ2n) is 7.35. The number of nitrogens with zero attached hydrogens (tertiary/aromatic N) is 1. The van der Waals surface area contributed by atoms with Gasteiger partial charge in [0.05, 0.1) is 25.0 Å². The maximum Gasteiger partial charge on any atom is 0.165 e. The van der Waals surface area contributed by atoms with Gasteiger partial charge in [-0.15, -0.1) is 0 Å². The third-order valence-electron chi connectivity index (χ3n) is 6.38. The quantitative estimate of drug-likeness (QED) is 0.428. The highest BCUT2D eigenvalue weighted by Gasteiger charge is 2.66. The van der Waals surface area contributed by atoms with Crippen LogP contribution in [0.2, 0.25) is 0 Å². The summed E-state index contributed by atoms with van der Waals surface area (Å²) >= 11 is 5.86. The van der Waals surface area contributed by atoms with E-state index in [9.17, 15) is 10.2 Å². The molecule has 6 atom stereocenters. The zero-order chi connectivity index (χ0) is 15.3. The molecule has 1 saturated heterocycles. The van der Waals surface area contributed by atoms with Crippen LogP contribution in [0.25, 0.3) is 0 Å². The lowest BCUT2D eigenvalue weighted by Crippen LogP contribution is -2.69. The lowest BCUT2D eigenvalue weighted by atomic mass is 9.53. The second-order valence-corrected chi connectivity index (χ2v) is 8.18. The molecule has 4 aliphatic rings. The van der Waals surface area contributed by atoms with Crippen LogP contribution in [0.3, 0.4) is 0 Å². The maximum absolute atomic E-state index is 10.5. The number of benzene rings is 1. The van der Waals surface area contributed by atoms with E-state index in [2.05, 4.69) is 13.1 Å². The highest BCUT2D eigenvalue weighted by atomic mass is 32.1. The average molecular weight is 317 g/mol. The zero-order valence-electron chi connectivity index (χ0n) is 12.4. The third-order valence-corrected chi connectivity index (χ3v) is 6.83. The van der Waals surface area contributed by atoms with Crippen molar-refractivity contribution in [2.24, 2.45) is 5.92 Å². The highest BCUT2D eigenvalue weighted by Crippen LogP contribution is 2.63. The summed E-state index contributed by atoms with van der Waals surface area (Å²) in [6.07, 6.45) is 4.88. The number of rotatable bonds is 0. The van der Waals surface area contributed by atoms with E-state index in [1.807, 2.05) is 12.1 Å². The van der Waals surface area contributed by atoms with Gasteiger partial charge in [-0.3, -0.25) is 0 Å². The van der Waals surface area contributed by atoms with Gasteiger partial charge in [-0.2, -0.15) is 0 Å². The summed E-state index contributed by atoms with van der Waals surface area (Å²) in [6.45, 7) is 0.894. The van der Waals surface area contributed by atoms with E-state index in [0.29, 0.717) is 15.7 Å². The summed E-state index contributed by atoms with van der Waals surface area (Å²) in [5, 5.41) is 20.7. The van der Waals surface area contributed by atoms with E-state index >= 15 is 0 Å². The monoisotopic (exact) mass is 317 g/mol. The summed E-state index contributed by atoms with van der Waals surface area (Å²) in [5.74, 6) is 1.05. The molecule has 0 aromatic heterocycles. The number of phenols is 1. The van der Waals surface area contributed by atoms with Crippen LogP contribution < -0.4 is 4.74 Å². The lowest BCUT2D eigenvalue weighted by molar-refractivity contribution is -0.815. The summed E-state index contributed by atoms with van der Waals surface area (Å²) in [7, 11) is 2.13. The van der Waals surface area contributed by atoms with Crippen LogP contribution >= 0.6 is 0 Å². The first-order valence-electron chi connectivity index (χ1n) is 7.90. The third kappa shape index (κ3) is 1.30. The Kier molecular flexibility index (Phi) is 2.31. The molecule has 2 heterocycles. The van der Waals surface area contributed by atoms with Crippen molar-refractivity contribution in [2.75, 3.05) is 13.6 Å². The molecule has 0 radical (unpaired) electrons. The number of phenolic OH excluding ortho intramolecular Hbond substituents is 1. The molecule has 4 nitrogen and oxygen atoms in total. The van der Waals surface area contributed by atoms with Gasteiger partial charge in [0, 0.05) is 24.3 Å². The summed E-state index contributed by atoms with van der Waals surface area (Å²) in [6, 6.07) is 4.05. The minimum Gasteiger partial charge on any atom is -0.504 e. The fourth-order valence-corrected chi connectivity index (χ4v) is 5.68. The number of aliphatic hydroxyl groups excluding tert-OH is 1. The molecular weight excluding hydrogens is 298 g/mol. The predicted molar refractivity (Wildman–Crippen MR) is 83.4 cm³/mol. The number of ether oxygens (including phenoxy) is 1. The molecular formula is C17H19NO3S. The van der Waals surface area contributed by atoms with Crippen molar-refractivity contribution in [3.05, 3.63) is 35.4 Å². The van der Waals surface area contributed by atoms with Gasteiger partial charge < -0.3 is 31.7 Å². The fraction of sp³-hybridized carbons (Fsp3) is 0.529. The van der Waals surface area contributed by atoms with Crippen molar-refractivity contribution < 1.29 is 18.8 Å². The fourth-order valence-electron chi connectivity index (χ4n) is 5.39. The molecule has 0 amide bonds. The lowest BCUT2D eigenvalue weighted by Gasteiger charge is -2.63. The first-order valence-corrected chi connectivity index (χ1v) is 8.26. The van der Waals surface area contributed by atoms with E-state index in [1.165, 1.54) is 5.56 Å². The maximum atomic E-state index is 10.5. The van der Waals surface area contributed by atoms with Crippen molar-refractivity contribution in [3.63, 3.8) is 0 Å². The molecule has 116 valence electrons. The highest BCUT2D eigenvalue weighted by molar-refractivity contribution is 7.52. The molecule has 1 fully saturated rings. The van der Waals surface area contributed by atoms with E-state index in [0.717, 1.165) is 24.9 Å². The molecule has 2 aliphatic carbocycles. The van der Waals surface area contributed by atoms with Gasteiger partial charge in [-0.25, -0.2) is 0 Å². The van der Waals surface area contributed by atoms with Gasteiger partial charge in [0.15, 0.2) is 11.5 Å². The number of aromatic hydroxyl groups is 1. The number of hydrogen-bond acceptors (Lipinski definition) is 4. The Bertz CT molecular complexity index is 716. The van der Waals surface area contributed by atoms with Crippen LogP contribution in [0.4, 0.5) is 0 Å². The molecule has 5 heteroatoms. The number of likely N-dealkylation sites (N-methyl/N-ethyl adjacent to an activating group) is 1. The molecule has 0 saturated carbocycles. The molecule has 5 rings (SSSR count). The smallest absolute Gasteiger partial charge is 0.165 e. The molecule has 1 aromatic carbocycles. The SMILES string of the molecule is C[N+]1([S-])CC[C@]23c4c5ccc(O)c4O[C@H]2[C@@H](O)C=C[C@H]3[C@H]1C5. The van der Waals surface area contributed by atoms with Crippen molar-refractivity contribution in [3.8, 4) is 11.5 Å². The van der Waals surface area contributed by atoms with Crippen LogP contribution in [0, 0.1) is 5.92 Å². The number of likely N-dealkylation sites (tertiary alicyclic amines) is 1. The Morgan fingerprint density at radius 1 is 1.36 bits per heavy atom. The van der Waals surface area contributed by atoms with Crippen molar-refractivity contribution >= 4 is 12.8 Å². The summed E-state index contributed by atoms with van der Waals surface area (Å²) in [4.78, 5) is 0. The van der Waals surface area contributed by atoms with Gasteiger partial charge in [-0.05, 0) is 11.6 Å². The van der Waals surface area contributed by atoms with Gasteiger partial charge in [0.25, 0.3) is 0 Å². The van der Waals surface area contributed by atoms with E-state index in [4.69, 9.17) is 17.6 Å². The number of aliphatic hydroxyl groups is 1. The molecule has 2 aliphatic heterocycles. The van der Waals surface area contributed by atoms with Crippen molar-refractivity contribution in [1.29, 1.82) is 0 Å². The van der Waals surface area contributed by atoms with Gasteiger partial charge in [0.2, 0.25) is 0 Å².